The molecule has 0 bridgehead atoms. The number of benzene rings is 2. The van der Waals surface area contributed by atoms with E-state index in [0.29, 0.717) is 0 Å². The minimum Gasteiger partial charge on any atom is -0.420 e. The quantitative estimate of drug-likeness (QED) is 0.681. The van der Waals surface area contributed by atoms with Crippen LogP contribution in [0.2, 0.25) is 5.02 Å². The second-order valence-corrected chi connectivity index (χ2v) is 6.72. The van der Waals surface area contributed by atoms with Gasteiger partial charge in [0, 0.05) is 17.3 Å². The van der Waals surface area contributed by atoms with Gasteiger partial charge in [0.2, 0.25) is 0 Å². The van der Waals surface area contributed by atoms with Crippen molar-refractivity contribution in [2.75, 3.05) is 5.32 Å². The van der Waals surface area contributed by atoms with E-state index in [1.807, 2.05) is 0 Å². The molecule has 0 aliphatic heterocycles. The van der Waals surface area contributed by atoms with Gasteiger partial charge in [-0.15, -0.1) is 8.78 Å². The number of para-hydroxylation sites is 1. The lowest BCUT2D eigenvalue weighted by molar-refractivity contribution is -0.0964. The molecule has 2 aromatic carbocycles. The summed E-state index contributed by atoms with van der Waals surface area (Å²) in [5, 5.41) is 2.20. The van der Waals surface area contributed by atoms with E-state index in [9.17, 15) is 22.0 Å². The SMILES string of the molecule is O=C(Nc1ccc(OC(F)(F)Cl)cc1)NS(=O)(=O)Oc1ccccc1Cl. The largest absolute Gasteiger partial charge is 0.487 e. The topological polar surface area (TPSA) is 93.7 Å². The standard InChI is InChI=1S/C14H10Cl2F2N2O5S/c15-11-3-1-2-4-12(11)25-26(22,23)20-13(21)19-9-5-7-10(8-6-9)24-14(16,17)18/h1-8H,(H2,19,20,21). The molecule has 26 heavy (non-hydrogen) atoms. The second-order valence-electron chi connectivity index (χ2n) is 4.60. The van der Waals surface area contributed by atoms with Crippen LogP contribution in [0.3, 0.4) is 0 Å². The number of urea groups is 1. The van der Waals surface area contributed by atoms with Gasteiger partial charge in [-0.25, -0.2) is 9.52 Å². The Morgan fingerprint density at radius 1 is 1.08 bits per heavy atom. The molecule has 2 rings (SSSR count). The van der Waals surface area contributed by atoms with Crippen molar-refractivity contribution >= 4 is 45.2 Å². The summed E-state index contributed by atoms with van der Waals surface area (Å²) in [7, 11) is -4.50. The second kappa shape index (κ2) is 7.94. The minimum atomic E-state index is -4.50. The fourth-order valence-corrected chi connectivity index (χ4v) is 2.67. The molecule has 0 saturated carbocycles. The molecule has 2 amide bonds. The Morgan fingerprint density at radius 2 is 1.69 bits per heavy atom. The highest BCUT2D eigenvalue weighted by Crippen LogP contribution is 2.26. The average molecular weight is 427 g/mol. The number of rotatable bonds is 6. The minimum absolute atomic E-state index is 0.0324. The molecule has 0 atom stereocenters. The molecule has 7 nitrogen and oxygen atoms in total. The molecule has 0 spiro atoms. The van der Waals surface area contributed by atoms with Crippen molar-refractivity contribution in [2.45, 2.75) is 5.57 Å². The number of anilines is 1. The predicted molar refractivity (Wildman–Crippen MR) is 91.0 cm³/mol. The zero-order chi connectivity index (χ0) is 19.4. The third kappa shape index (κ3) is 6.54. The van der Waals surface area contributed by atoms with Gasteiger partial charge in [0.25, 0.3) is 0 Å². The van der Waals surface area contributed by atoms with E-state index in [2.05, 4.69) is 25.8 Å². The van der Waals surface area contributed by atoms with Gasteiger partial charge in [0.15, 0.2) is 5.75 Å². The highest BCUT2D eigenvalue weighted by Gasteiger charge is 2.27. The van der Waals surface area contributed by atoms with Crippen molar-refractivity contribution in [3.05, 3.63) is 53.6 Å². The molecule has 140 valence electrons. The molecule has 0 saturated heterocycles. The Hall–Kier alpha value is -2.30. The Labute approximate surface area is 157 Å². The molecule has 0 heterocycles. The van der Waals surface area contributed by atoms with Gasteiger partial charge in [-0.05, 0) is 36.4 Å². The van der Waals surface area contributed by atoms with Gasteiger partial charge >= 0.3 is 21.9 Å². The Balaban J connectivity index is 1.96. The van der Waals surface area contributed by atoms with Crippen LogP contribution in [0.15, 0.2) is 48.5 Å². The Kier molecular flexibility index (Phi) is 6.11. The molecule has 0 radical (unpaired) electrons. The van der Waals surface area contributed by atoms with Crippen molar-refractivity contribution in [1.82, 2.24) is 4.72 Å². The lowest BCUT2D eigenvalue weighted by Crippen LogP contribution is -2.37. The van der Waals surface area contributed by atoms with E-state index in [-0.39, 0.29) is 22.2 Å². The summed E-state index contributed by atoms with van der Waals surface area (Å²) in [5.74, 6) is -0.427. The van der Waals surface area contributed by atoms with Crippen LogP contribution in [0.4, 0.5) is 19.3 Å². The molecule has 0 unspecified atom stereocenters. The first-order valence-electron chi connectivity index (χ1n) is 6.68. The average Bonchev–Trinajstić information content (AvgIpc) is 2.49. The van der Waals surface area contributed by atoms with Crippen molar-refractivity contribution in [3.63, 3.8) is 0 Å². The van der Waals surface area contributed by atoms with Crippen LogP contribution >= 0.6 is 23.2 Å². The van der Waals surface area contributed by atoms with Crippen LogP contribution in [-0.4, -0.2) is 20.0 Å². The number of carbonyl (C=O) groups is 1. The van der Waals surface area contributed by atoms with E-state index in [0.717, 1.165) is 12.1 Å². The maximum atomic E-state index is 12.5. The van der Waals surface area contributed by atoms with Crippen molar-refractivity contribution in [1.29, 1.82) is 0 Å². The lowest BCUT2D eigenvalue weighted by atomic mass is 10.3. The molecule has 0 fully saturated rings. The summed E-state index contributed by atoms with van der Waals surface area (Å²) < 4.78 is 58.9. The molecule has 0 aliphatic rings. The van der Waals surface area contributed by atoms with E-state index in [4.69, 9.17) is 11.6 Å². The fraction of sp³-hybridized carbons (Fsp3) is 0.0714. The number of halogens is 4. The van der Waals surface area contributed by atoms with Gasteiger partial charge in [-0.3, -0.25) is 0 Å². The zero-order valence-electron chi connectivity index (χ0n) is 12.6. The molecular weight excluding hydrogens is 417 g/mol. The predicted octanol–water partition coefficient (Wildman–Crippen LogP) is 3.95. The summed E-state index contributed by atoms with van der Waals surface area (Å²) in [6.45, 7) is 0. The van der Waals surface area contributed by atoms with Crippen molar-refractivity contribution in [3.8, 4) is 11.5 Å². The third-order valence-corrected chi connectivity index (χ3v) is 3.82. The van der Waals surface area contributed by atoms with Crippen LogP contribution in [0.25, 0.3) is 0 Å². The number of nitrogens with one attached hydrogen (secondary N) is 2. The zero-order valence-corrected chi connectivity index (χ0v) is 14.9. The molecule has 0 aromatic heterocycles. The Morgan fingerprint density at radius 3 is 2.27 bits per heavy atom. The van der Waals surface area contributed by atoms with Crippen LogP contribution in [-0.2, 0) is 10.3 Å². The van der Waals surface area contributed by atoms with Crippen LogP contribution < -0.4 is 19.0 Å². The van der Waals surface area contributed by atoms with E-state index in [1.165, 1.54) is 30.3 Å². The maximum Gasteiger partial charge on any atom is 0.487 e. The summed E-state index contributed by atoms with van der Waals surface area (Å²) in [4.78, 5) is 11.7. The first kappa shape index (κ1) is 20.0. The van der Waals surface area contributed by atoms with Gasteiger partial charge in [-0.2, -0.15) is 8.42 Å². The van der Waals surface area contributed by atoms with Gasteiger partial charge < -0.3 is 14.2 Å². The van der Waals surface area contributed by atoms with Gasteiger partial charge in [0.05, 0.1) is 5.02 Å². The summed E-state index contributed by atoms with van der Waals surface area (Å²) in [5.41, 5.74) is -3.78. The number of hydrogen-bond acceptors (Lipinski definition) is 5. The maximum absolute atomic E-state index is 12.5. The first-order chi connectivity index (χ1) is 12.0. The summed E-state index contributed by atoms with van der Waals surface area (Å²) in [6, 6.07) is 9.19. The first-order valence-corrected chi connectivity index (χ1v) is 8.84. The summed E-state index contributed by atoms with van der Waals surface area (Å²) >= 11 is 10.4. The molecular formula is C14H10Cl2F2N2O5S. The van der Waals surface area contributed by atoms with Crippen molar-refractivity contribution < 1.29 is 30.9 Å². The molecule has 2 aromatic rings. The van der Waals surface area contributed by atoms with E-state index in [1.54, 1.807) is 10.8 Å². The number of alkyl halides is 3. The smallest absolute Gasteiger partial charge is 0.420 e. The third-order valence-electron chi connectivity index (χ3n) is 2.60. The van der Waals surface area contributed by atoms with E-state index < -0.39 is 21.9 Å². The Bertz CT molecular complexity index is 889. The number of ether oxygens (including phenoxy) is 1. The molecule has 12 heteroatoms. The fourth-order valence-electron chi connectivity index (χ4n) is 1.66. The molecule has 2 N–H and O–H groups in total. The van der Waals surface area contributed by atoms with Crippen LogP contribution in [0, 0.1) is 0 Å². The number of amides is 2. The normalized spacial score (nSPS) is 11.5. The van der Waals surface area contributed by atoms with Gasteiger partial charge in [-0.1, -0.05) is 23.7 Å². The van der Waals surface area contributed by atoms with Gasteiger partial charge in [0.1, 0.15) is 5.75 Å². The summed E-state index contributed by atoms with van der Waals surface area (Å²) in [6.07, 6.45) is 0. The van der Waals surface area contributed by atoms with Crippen LogP contribution in [0.5, 0.6) is 11.5 Å². The highest BCUT2D eigenvalue weighted by atomic mass is 35.5. The monoisotopic (exact) mass is 426 g/mol. The molecule has 0 aliphatic carbocycles. The number of hydrogen-bond donors (Lipinski definition) is 2. The van der Waals surface area contributed by atoms with Crippen LogP contribution in [0.1, 0.15) is 0 Å². The number of carbonyl (C=O) groups excluding carboxylic acids is 1. The van der Waals surface area contributed by atoms with Crippen molar-refractivity contribution in [2.24, 2.45) is 0 Å². The highest BCUT2D eigenvalue weighted by molar-refractivity contribution is 7.85. The van der Waals surface area contributed by atoms with E-state index >= 15 is 0 Å². The lowest BCUT2D eigenvalue weighted by Gasteiger charge is -2.12.